The Bertz CT molecular complexity index is 317. The van der Waals surface area contributed by atoms with Crippen LogP contribution in [0, 0.1) is 6.92 Å². The fourth-order valence-corrected chi connectivity index (χ4v) is 0.765. The Morgan fingerprint density at radius 3 is 3.10 bits per heavy atom. The van der Waals surface area contributed by atoms with E-state index >= 15 is 0 Å². The molecule has 0 spiro atoms. The van der Waals surface area contributed by atoms with Gasteiger partial charge in [-0.15, -0.1) is 5.10 Å². The van der Waals surface area contributed by atoms with E-state index in [9.17, 15) is 0 Å². The molecule has 0 aromatic heterocycles. The van der Waals surface area contributed by atoms with E-state index in [1.54, 1.807) is 0 Å². The molecule has 4 heteroatoms. The van der Waals surface area contributed by atoms with E-state index in [0.29, 0.717) is 11.6 Å². The van der Waals surface area contributed by atoms with Gasteiger partial charge in [0.25, 0.3) is 5.89 Å². The lowest BCUT2D eigenvalue weighted by atomic mass is 10.3. The molecule has 0 unspecified atom stereocenters. The first kappa shape index (κ1) is 5.34. The van der Waals surface area contributed by atoms with Crippen LogP contribution in [0.3, 0.4) is 0 Å². The quantitative estimate of drug-likeness (QED) is 0.538. The maximum Gasteiger partial charge on any atom is 0.268 e. The Labute approximate surface area is 57.2 Å². The molecule has 2 aliphatic heterocycles. The van der Waals surface area contributed by atoms with Crippen LogP contribution in [0.25, 0.3) is 11.6 Å². The van der Waals surface area contributed by atoms with Crippen molar-refractivity contribution in [1.82, 2.24) is 15.4 Å². The summed E-state index contributed by atoms with van der Waals surface area (Å²) >= 11 is 0. The molecule has 0 fully saturated rings. The molecule has 0 radical (unpaired) electrons. The number of hydrogen-bond acceptors (Lipinski definition) is 4. The fraction of sp³-hybridized carbons (Fsp3) is 0.167. The van der Waals surface area contributed by atoms with Crippen LogP contribution in [0.4, 0.5) is 0 Å². The van der Waals surface area contributed by atoms with E-state index in [2.05, 4.69) is 15.4 Å². The molecule has 50 valence electrons. The maximum atomic E-state index is 5.17. The molecule has 0 saturated heterocycles. The van der Waals surface area contributed by atoms with Gasteiger partial charge in [-0.25, -0.2) is 0 Å². The predicted octanol–water partition coefficient (Wildman–Crippen LogP) is 0.878. The highest BCUT2D eigenvalue weighted by molar-refractivity contribution is 5.45. The van der Waals surface area contributed by atoms with E-state index in [1.165, 1.54) is 0 Å². The smallest absolute Gasteiger partial charge is 0.268 e. The summed E-state index contributed by atoms with van der Waals surface area (Å²) in [5.74, 6) is 1.31. The SMILES string of the molecule is Cc1ccc2nnnc-2o1. The number of aromatic nitrogens is 3. The number of rotatable bonds is 0. The van der Waals surface area contributed by atoms with E-state index in [4.69, 9.17) is 4.42 Å². The molecule has 0 amide bonds. The van der Waals surface area contributed by atoms with Crippen molar-refractivity contribution in [3.63, 3.8) is 0 Å². The van der Waals surface area contributed by atoms with Crippen molar-refractivity contribution in [2.45, 2.75) is 6.92 Å². The molecule has 4 nitrogen and oxygen atoms in total. The Balaban J connectivity index is 2.75. The summed E-state index contributed by atoms with van der Waals surface area (Å²) in [4.78, 5) is 0. The monoisotopic (exact) mass is 135 g/mol. The second kappa shape index (κ2) is 1.76. The lowest BCUT2D eigenvalue weighted by Crippen LogP contribution is -1.78. The zero-order chi connectivity index (χ0) is 6.97. The van der Waals surface area contributed by atoms with Gasteiger partial charge < -0.3 is 4.42 Å². The third-order valence-corrected chi connectivity index (χ3v) is 1.24. The van der Waals surface area contributed by atoms with Gasteiger partial charge in [0.05, 0.1) is 0 Å². The van der Waals surface area contributed by atoms with E-state index < -0.39 is 0 Å². The molecule has 2 rings (SSSR count). The van der Waals surface area contributed by atoms with E-state index in [1.807, 2.05) is 19.1 Å². The second-order valence-corrected chi connectivity index (χ2v) is 2.03. The fourth-order valence-electron chi connectivity index (χ4n) is 0.765. The van der Waals surface area contributed by atoms with Crippen molar-refractivity contribution < 1.29 is 4.42 Å². The standard InChI is InChI=1S/C6H5N3O/c1-4-2-3-5-6(10-4)8-9-7-5/h2-3H,1H3. The van der Waals surface area contributed by atoms with Crippen molar-refractivity contribution in [3.8, 4) is 11.6 Å². The predicted molar refractivity (Wildman–Crippen MR) is 33.5 cm³/mol. The van der Waals surface area contributed by atoms with Crippen LogP contribution in [0.2, 0.25) is 0 Å². The number of nitrogens with zero attached hydrogens (tertiary/aromatic N) is 3. The summed E-state index contributed by atoms with van der Waals surface area (Å²) in [7, 11) is 0. The number of fused-ring (bicyclic) bond motifs is 1. The maximum absolute atomic E-state index is 5.17. The van der Waals surface area contributed by atoms with Crippen LogP contribution >= 0.6 is 0 Å². The summed E-state index contributed by atoms with van der Waals surface area (Å²) in [5.41, 5.74) is 0.700. The minimum atomic E-state index is 0.500. The Morgan fingerprint density at radius 1 is 1.30 bits per heavy atom. The van der Waals surface area contributed by atoms with Crippen LogP contribution in [-0.4, -0.2) is 15.4 Å². The third-order valence-electron chi connectivity index (χ3n) is 1.24. The van der Waals surface area contributed by atoms with Gasteiger partial charge in [0.2, 0.25) is 0 Å². The van der Waals surface area contributed by atoms with Crippen LogP contribution in [-0.2, 0) is 0 Å². The lowest BCUT2D eigenvalue weighted by Gasteiger charge is -1.92. The van der Waals surface area contributed by atoms with E-state index in [-0.39, 0.29) is 0 Å². The summed E-state index contributed by atoms with van der Waals surface area (Å²) in [6.45, 7) is 1.86. The van der Waals surface area contributed by atoms with Crippen LogP contribution < -0.4 is 0 Å². The normalized spacial score (nSPS) is 10.5. The first-order valence-electron chi connectivity index (χ1n) is 2.92. The van der Waals surface area contributed by atoms with Gasteiger partial charge in [-0.1, -0.05) is 5.10 Å². The van der Waals surface area contributed by atoms with Crippen molar-refractivity contribution in [1.29, 1.82) is 0 Å². The minimum absolute atomic E-state index is 0.500. The lowest BCUT2D eigenvalue weighted by molar-refractivity contribution is 0.515. The summed E-state index contributed by atoms with van der Waals surface area (Å²) in [6.07, 6.45) is 0. The van der Waals surface area contributed by atoms with Gasteiger partial charge >= 0.3 is 0 Å². The number of aryl methyl sites for hydroxylation is 1. The van der Waals surface area contributed by atoms with Crippen LogP contribution in [0.1, 0.15) is 5.76 Å². The Hall–Kier alpha value is -1.45. The zero-order valence-corrected chi connectivity index (χ0v) is 5.40. The molecule has 0 aliphatic carbocycles. The molecule has 2 aliphatic rings. The summed E-state index contributed by atoms with van der Waals surface area (Å²) < 4.78 is 5.17. The second-order valence-electron chi connectivity index (χ2n) is 2.03. The van der Waals surface area contributed by atoms with Crippen molar-refractivity contribution in [2.75, 3.05) is 0 Å². The average molecular weight is 135 g/mol. The molecule has 0 atom stereocenters. The molecule has 0 aromatic rings. The number of hydrogen-bond donors (Lipinski definition) is 0. The van der Waals surface area contributed by atoms with E-state index in [0.717, 1.165) is 5.76 Å². The molecule has 10 heavy (non-hydrogen) atoms. The first-order valence-corrected chi connectivity index (χ1v) is 2.92. The average Bonchev–Trinajstić information content (AvgIpc) is 2.33. The van der Waals surface area contributed by atoms with Gasteiger partial charge in [0.15, 0.2) is 5.69 Å². The highest BCUT2D eigenvalue weighted by Gasteiger charge is 2.07. The zero-order valence-electron chi connectivity index (χ0n) is 5.40. The van der Waals surface area contributed by atoms with Crippen LogP contribution in [0.15, 0.2) is 16.5 Å². The Kier molecular flexibility index (Phi) is 0.943. The highest BCUT2D eigenvalue weighted by Crippen LogP contribution is 2.15. The molecular formula is C6H5N3O. The Morgan fingerprint density at radius 2 is 2.20 bits per heavy atom. The summed E-state index contributed by atoms with van der Waals surface area (Å²) in [6, 6.07) is 3.66. The molecule has 0 N–H and O–H groups in total. The first-order chi connectivity index (χ1) is 4.86. The minimum Gasteiger partial charge on any atom is -0.441 e. The molecule has 0 bridgehead atoms. The van der Waals surface area contributed by atoms with Gasteiger partial charge in [0.1, 0.15) is 5.76 Å². The largest absolute Gasteiger partial charge is 0.441 e. The molecular weight excluding hydrogens is 130 g/mol. The molecule has 2 heterocycles. The van der Waals surface area contributed by atoms with Crippen molar-refractivity contribution in [2.24, 2.45) is 0 Å². The van der Waals surface area contributed by atoms with Gasteiger partial charge in [-0.2, -0.15) is 0 Å². The third kappa shape index (κ3) is 0.655. The van der Waals surface area contributed by atoms with Crippen molar-refractivity contribution in [3.05, 3.63) is 17.9 Å². The van der Waals surface area contributed by atoms with Gasteiger partial charge in [0, 0.05) is 0 Å². The summed E-state index contributed by atoms with van der Waals surface area (Å²) in [5, 5.41) is 10.8. The molecule has 0 aromatic carbocycles. The van der Waals surface area contributed by atoms with Crippen molar-refractivity contribution >= 4 is 0 Å². The topological polar surface area (TPSA) is 51.8 Å². The molecule has 0 saturated carbocycles. The van der Waals surface area contributed by atoms with Gasteiger partial charge in [-0.05, 0) is 24.3 Å². The highest BCUT2D eigenvalue weighted by atomic mass is 16.3. The van der Waals surface area contributed by atoms with Gasteiger partial charge in [-0.3, -0.25) is 0 Å². The van der Waals surface area contributed by atoms with Crippen LogP contribution in [0.5, 0.6) is 0 Å².